The van der Waals surface area contributed by atoms with Gasteiger partial charge in [-0.15, -0.1) is 0 Å². The van der Waals surface area contributed by atoms with E-state index in [0.29, 0.717) is 6.32 Å². The van der Waals surface area contributed by atoms with Gasteiger partial charge in [0.25, 0.3) is 0 Å². The molecule has 0 aromatic rings. The molecule has 0 radical (unpaired) electrons. The summed E-state index contributed by atoms with van der Waals surface area (Å²) in [6.45, 7) is 2.81. The number of hydrogen-bond acceptors (Lipinski definition) is 5. The molecule has 0 saturated carbocycles. The Balaban J connectivity index is 2.00. The third kappa shape index (κ3) is 7.33. The number of β-amino-alcohol motifs (C(OH)–C–C–N with tert-alkyl or cyclic N) is 1. The van der Waals surface area contributed by atoms with Crippen LogP contribution in [0.1, 0.15) is 38.5 Å². The van der Waals surface area contributed by atoms with Crippen LogP contribution in [0.4, 0.5) is 0 Å². The van der Waals surface area contributed by atoms with E-state index in [9.17, 15) is 5.11 Å². The lowest BCUT2D eigenvalue weighted by molar-refractivity contribution is 0.0690. The van der Waals surface area contributed by atoms with Crippen LogP contribution in [0.5, 0.6) is 0 Å². The van der Waals surface area contributed by atoms with Gasteiger partial charge in [-0.2, -0.15) is 0 Å². The van der Waals surface area contributed by atoms with Crippen molar-refractivity contribution in [3.63, 3.8) is 0 Å². The van der Waals surface area contributed by atoms with Crippen molar-refractivity contribution in [3.05, 3.63) is 0 Å². The van der Waals surface area contributed by atoms with Gasteiger partial charge in [-0.25, -0.2) is 0 Å². The molecule has 5 N–H and O–H groups in total. The van der Waals surface area contributed by atoms with Gasteiger partial charge in [0.1, 0.15) is 0 Å². The standard InChI is InChI=1S/C12H27BN2O3/c14-11(4-1-2-7-13(17)18)6-9-15-8-3-5-12(16)10-15/h11-12,16-18H,1-10,14H2/t11-,12+/m1/s1. The van der Waals surface area contributed by atoms with E-state index in [0.717, 1.165) is 58.2 Å². The van der Waals surface area contributed by atoms with Crippen LogP contribution in [-0.2, 0) is 0 Å². The van der Waals surface area contributed by atoms with Crippen molar-refractivity contribution in [2.24, 2.45) is 5.73 Å². The first kappa shape index (κ1) is 15.9. The van der Waals surface area contributed by atoms with Crippen LogP contribution in [0.15, 0.2) is 0 Å². The van der Waals surface area contributed by atoms with E-state index in [4.69, 9.17) is 15.8 Å². The number of rotatable bonds is 8. The lowest BCUT2D eigenvalue weighted by atomic mass is 9.83. The lowest BCUT2D eigenvalue weighted by Gasteiger charge is -2.30. The quantitative estimate of drug-likeness (QED) is 0.358. The van der Waals surface area contributed by atoms with Crippen LogP contribution < -0.4 is 5.73 Å². The number of nitrogens with zero attached hydrogens (tertiary/aromatic N) is 1. The zero-order valence-electron chi connectivity index (χ0n) is 11.2. The predicted octanol–water partition coefficient (Wildman–Crippen LogP) is -0.196. The molecular weight excluding hydrogens is 231 g/mol. The molecule has 106 valence electrons. The Morgan fingerprint density at radius 3 is 2.72 bits per heavy atom. The van der Waals surface area contributed by atoms with Crippen molar-refractivity contribution in [3.8, 4) is 0 Å². The average molecular weight is 258 g/mol. The molecule has 6 heteroatoms. The summed E-state index contributed by atoms with van der Waals surface area (Å²) in [5.74, 6) is 0. The number of aliphatic hydroxyl groups is 1. The molecule has 0 unspecified atom stereocenters. The molecule has 0 bridgehead atoms. The van der Waals surface area contributed by atoms with E-state index in [-0.39, 0.29) is 12.1 Å². The fourth-order valence-electron chi connectivity index (χ4n) is 2.46. The van der Waals surface area contributed by atoms with E-state index in [1.165, 1.54) is 0 Å². The fraction of sp³-hybridized carbons (Fsp3) is 1.00. The van der Waals surface area contributed by atoms with Crippen LogP contribution in [0.3, 0.4) is 0 Å². The van der Waals surface area contributed by atoms with Gasteiger partial charge in [0.15, 0.2) is 0 Å². The Morgan fingerprint density at radius 1 is 1.28 bits per heavy atom. The molecule has 1 rings (SSSR count). The summed E-state index contributed by atoms with van der Waals surface area (Å²) in [4.78, 5) is 2.28. The summed E-state index contributed by atoms with van der Waals surface area (Å²) in [5, 5.41) is 27.0. The molecule has 0 aromatic carbocycles. The van der Waals surface area contributed by atoms with E-state index in [1.54, 1.807) is 0 Å². The van der Waals surface area contributed by atoms with Gasteiger partial charge < -0.3 is 25.8 Å². The monoisotopic (exact) mass is 258 g/mol. The van der Waals surface area contributed by atoms with Gasteiger partial charge in [-0.1, -0.05) is 12.8 Å². The van der Waals surface area contributed by atoms with Crippen LogP contribution >= 0.6 is 0 Å². The minimum atomic E-state index is -1.18. The topological polar surface area (TPSA) is 90.0 Å². The second kappa shape index (κ2) is 8.88. The SMILES string of the molecule is N[C@H](CCCCB(O)O)CCN1CCC[C@H](O)C1. The molecule has 1 saturated heterocycles. The number of unbranched alkanes of at least 4 members (excludes halogenated alkanes) is 1. The van der Waals surface area contributed by atoms with E-state index < -0.39 is 7.12 Å². The maximum absolute atomic E-state index is 9.55. The summed E-state index contributed by atoms with van der Waals surface area (Å²) < 4.78 is 0. The first-order valence-corrected chi connectivity index (χ1v) is 7.10. The normalized spacial score (nSPS) is 23.0. The highest BCUT2D eigenvalue weighted by Crippen LogP contribution is 2.12. The lowest BCUT2D eigenvalue weighted by Crippen LogP contribution is -2.40. The van der Waals surface area contributed by atoms with E-state index >= 15 is 0 Å². The van der Waals surface area contributed by atoms with Gasteiger partial charge in [0.05, 0.1) is 6.10 Å². The van der Waals surface area contributed by atoms with E-state index in [1.807, 2.05) is 0 Å². The Hall–Kier alpha value is -0.135. The largest absolute Gasteiger partial charge is 0.451 e. The second-order valence-corrected chi connectivity index (χ2v) is 5.41. The number of aliphatic hydroxyl groups excluding tert-OH is 1. The molecule has 0 aromatic heterocycles. The van der Waals surface area contributed by atoms with Gasteiger partial charge in [0.2, 0.25) is 0 Å². The third-order valence-corrected chi connectivity index (χ3v) is 3.58. The first-order chi connectivity index (χ1) is 8.58. The molecule has 0 spiro atoms. The maximum atomic E-state index is 9.55. The third-order valence-electron chi connectivity index (χ3n) is 3.58. The molecule has 5 nitrogen and oxygen atoms in total. The molecular formula is C12H27BN2O3. The Kier molecular flexibility index (Phi) is 7.85. The number of piperidine rings is 1. The van der Waals surface area contributed by atoms with E-state index in [2.05, 4.69) is 4.90 Å². The summed E-state index contributed by atoms with van der Waals surface area (Å²) in [5.41, 5.74) is 6.03. The zero-order chi connectivity index (χ0) is 13.4. The Morgan fingerprint density at radius 2 is 2.06 bits per heavy atom. The van der Waals surface area contributed by atoms with Crippen LogP contribution in [0.25, 0.3) is 0 Å². The summed E-state index contributed by atoms with van der Waals surface area (Å²) in [6, 6.07) is 0.180. The van der Waals surface area contributed by atoms with Gasteiger partial charge >= 0.3 is 7.12 Å². The van der Waals surface area contributed by atoms with Crippen molar-refractivity contribution >= 4 is 7.12 Å². The van der Waals surface area contributed by atoms with Crippen LogP contribution in [0, 0.1) is 0 Å². The highest BCUT2D eigenvalue weighted by Gasteiger charge is 2.17. The molecule has 0 aliphatic carbocycles. The molecule has 1 aliphatic rings. The van der Waals surface area contributed by atoms with Gasteiger partial charge in [-0.3, -0.25) is 0 Å². The van der Waals surface area contributed by atoms with Gasteiger partial charge in [-0.05, 0) is 45.1 Å². The summed E-state index contributed by atoms with van der Waals surface area (Å²) in [6.07, 6.45) is 5.91. The highest BCUT2D eigenvalue weighted by molar-refractivity contribution is 6.40. The Labute approximate surface area is 110 Å². The predicted molar refractivity (Wildman–Crippen MR) is 73.1 cm³/mol. The minimum Gasteiger partial charge on any atom is -0.427 e. The van der Waals surface area contributed by atoms with Crippen LogP contribution in [0.2, 0.25) is 6.32 Å². The molecule has 1 fully saturated rings. The maximum Gasteiger partial charge on any atom is 0.451 e. The smallest absolute Gasteiger partial charge is 0.427 e. The van der Waals surface area contributed by atoms with Crippen molar-refractivity contribution in [1.82, 2.24) is 4.90 Å². The molecule has 1 heterocycles. The van der Waals surface area contributed by atoms with Crippen molar-refractivity contribution in [2.45, 2.75) is 57.0 Å². The number of hydrogen-bond donors (Lipinski definition) is 4. The van der Waals surface area contributed by atoms with Crippen LogP contribution in [-0.4, -0.2) is 59.0 Å². The fourth-order valence-corrected chi connectivity index (χ4v) is 2.46. The minimum absolute atomic E-state index is 0.166. The Bertz CT molecular complexity index is 219. The van der Waals surface area contributed by atoms with Gasteiger partial charge in [0, 0.05) is 12.6 Å². The highest BCUT2D eigenvalue weighted by atomic mass is 16.4. The summed E-state index contributed by atoms with van der Waals surface area (Å²) >= 11 is 0. The second-order valence-electron chi connectivity index (χ2n) is 5.41. The first-order valence-electron chi connectivity index (χ1n) is 7.10. The van der Waals surface area contributed by atoms with Crippen molar-refractivity contribution in [1.29, 1.82) is 0 Å². The molecule has 2 atom stereocenters. The molecule has 1 aliphatic heterocycles. The van der Waals surface area contributed by atoms with Crippen molar-refractivity contribution in [2.75, 3.05) is 19.6 Å². The number of nitrogens with two attached hydrogens (primary N) is 1. The summed E-state index contributed by atoms with van der Waals surface area (Å²) in [7, 11) is -1.18. The van der Waals surface area contributed by atoms with Crippen molar-refractivity contribution < 1.29 is 15.2 Å². The molecule has 18 heavy (non-hydrogen) atoms. The number of likely N-dealkylation sites (tertiary alicyclic amines) is 1. The molecule has 0 amide bonds. The zero-order valence-corrected chi connectivity index (χ0v) is 11.2. The average Bonchev–Trinajstić information content (AvgIpc) is 2.32.